The summed E-state index contributed by atoms with van der Waals surface area (Å²) in [5.74, 6) is 0.962. The third kappa shape index (κ3) is 2.78. The van der Waals surface area contributed by atoms with Crippen LogP contribution in [0.5, 0.6) is 0 Å². The number of nitrogens with one attached hydrogen (secondary N) is 2. The van der Waals surface area contributed by atoms with E-state index in [0.29, 0.717) is 22.1 Å². The highest BCUT2D eigenvalue weighted by molar-refractivity contribution is 7.14. The summed E-state index contributed by atoms with van der Waals surface area (Å²) in [6.45, 7) is 6.84. The molecule has 136 valence electrons. The number of ether oxygens (including phenoxy) is 1. The molecule has 4 rings (SSSR count). The van der Waals surface area contributed by atoms with Crippen LogP contribution in [-0.4, -0.2) is 12.0 Å². The van der Waals surface area contributed by atoms with Crippen molar-refractivity contribution in [2.75, 3.05) is 0 Å². The van der Waals surface area contributed by atoms with Gasteiger partial charge in [0.1, 0.15) is 6.61 Å². The van der Waals surface area contributed by atoms with E-state index < -0.39 is 6.09 Å². The number of hydrogen-bond acceptors (Lipinski definition) is 4. The Morgan fingerprint density at radius 2 is 1.96 bits per heavy atom. The van der Waals surface area contributed by atoms with Gasteiger partial charge in [-0.25, -0.2) is 10.2 Å². The molecule has 26 heavy (non-hydrogen) atoms. The molecule has 1 fully saturated rings. The van der Waals surface area contributed by atoms with Gasteiger partial charge in [0.25, 0.3) is 5.91 Å². The van der Waals surface area contributed by atoms with E-state index in [1.54, 1.807) is 0 Å². The Morgan fingerprint density at radius 3 is 2.69 bits per heavy atom. The van der Waals surface area contributed by atoms with Crippen molar-refractivity contribution in [3.8, 4) is 0 Å². The highest BCUT2D eigenvalue weighted by Crippen LogP contribution is 2.71. The summed E-state index contributed by atoms with van der Waals surface area (Å²) in [6, 6.07) is 9.40. The van der Waals surface area contributed by atoms with Gasteiger partial charge >= 0.3 is 6.09 Å². The van der Waals surface area contributed by atoms with E-state index in [1.807, 2.05) is 30.3 Å². The first kappa shape index (κ1) is 17.1. The number of amides is 2. The fourth-order valence-corrected chi connectivity index (χ4v) is 5.37. The molecule has 1 aromatic carbocycles. The minimum Gasteiger partial charge on any atom is -0.443 e. The molecule has 2 aliphatic carbocycles. The number of fused-ring (bicyclic) bond motifs is 3. The van der Waals surface area contributed by atoms with Gasteiger partial charge in [0.15, 0.2) is 0 Å². The number of thiophene rings is 1. The van der Waals surface area contributed by atoms with Crippen LogP contribution in [0.1, 0.15) is 51.0 Å². The minimum atomic E-state index is -0.670. The second-order valence-corrected chi connectivity index (χ2v) is 8.85. The van der Waals surface area contributed by atoms with Crippen molar-refractivity contribution in [1.82, 2.24) is 10.9 Å². The van der Waals surface area contributed by atoms with Crippen LogP contribution in [0.3, 0.4) is 0 Å². The maximum Gasteiger partial charge on any atom is 0.426 e. The zero-order chi connectivity index (χ0) is 18.5. The quantitative estimate of drug-likeness (QED) is 0.805. The van der Waals surface area contributed by atoms with Gasteiger partial charge in [0.2, 0.25) is 0 Å². The minimum absolute atomic E-state index is 0.161. The maximum absolute atomic E-state index is 12.5. The standard InChI is InChI=1S/C20H22N2O3S/c1-11-15-13(9-14-16(15)20(14,2)3)17(26-11)18(23)21-22-19(24)25-10-12-7-5-4-6-8-12/h4-8,14,16H,9-10H2,1-3H3,(H,21,23)(H,22,24). The maximum atomic E-state index is 12.5. The molecule has 0 saturated heterocycles. The lowest BCUT2D eigenvalue weighted by Crippen LogP contribution is -2.41. The largest absolute Gasteiger partial charge is 0.443 e. The SMILES string of the molecule is Cc1sc(C(=O)NNC(=O)OCc2ccccc2)c2c1C1C(C2)C1(C)C. The van der Waals surface area contributed by atoms with Gasteiger partial charge in [-0.05, 0) is 47.3 Å². The highest BCUT2D eigenvalue weighted by atomic mass is 32.1. The molecule has 1 aromatic heterocycles. The van der Waals surface area contributed by atoms with E-state index in [1.165, 1.54) is 27.3 Å². The highest BCUT2D eigenvalue weighted by Gasteiger charge is 2.63. The van der Waals surface area contributed by atoms with Crippen molar-refractivity contribution in [2.24, 2.45) is 11.3 Å². The summed E-state index contributed by atoms with van der Waals surface area (Å²) in [7, 11) is 0. The van der Waals surface area contributed by atoms with Crippen LogP contribution in [0.2, 0.25) is 0 Å². The average Bonchev–Trinajstić information content (AvgIpc) is 2.97. The first-order valence-electron chi connectivity index (χ1n) is 8.78. The van der Waals surface area contributed by atoms with Gasteiger partial charge in [-0.2, -0.15) is 0 Å². The van der Waals surface area contributed by atoms with E-state index in [4.69, 9.17) is 4.74 Å². The van der Waals surface area contributed by atoms with Gasteiger partial charge < -0.3 is 4.74 Å². The van der Waals surface area contributed by atoms with Crippen LogP contribution in [0.25, 0.3) is 0 Å². The fourth-order valence-electron chi connectivity index (χ4n) is 4.24. The van der Waals surface area contributed by atoms with E-state index in [-0.39, 0.29) is 12.5 Å². The van der Waals surface area contributed by atoms with Crippen LogP contribution in [0.15, 0.2) is 30.3 Å². The number of benzene rings is 1. The second-order valence-electron chi connectivity index (χ2n) is 7.63. The average molecular weight is 370 g/mol. The van der Waals surface area contributed by atoms with Crippen molar-refractivity contribution < 1.29 is 14.3 Å². The van der Waals surface area contributed by atoms with Crippen molar-refractivity contribution >= 4 is 23.3 Å². The van der Waals surface area contributed by atoms with Gasteiger partial charge in [-0.3, -0.25) is 10.2 Å². The van der Waals surface area contributed by atoms with E-state index >= 15 is 0 Å². The van der Waals surface area contributed by atoms with Crippen molar-refractivity contribution in [3.05, 3.63) is 56.8 Å². The summed E-state index contributed by atoms with van der Waals surface area (Å²) in [6.07, 6.45) is 0.287. The monoisotopic (exact) mass is 370 g/mol. The Hall–Kier alpha value is -2.34. The molecular weight excluding hydrogens is 348 g/mol. The topological polar surface area (TPSA) is 67.4 Å². The third-order valence-electron chi connectivity index (χ3n) is 5.72. The van der Waals surface area contributed by atoms with E-state index in [9.17, 15) is 9.59 Å². The molecule has 6 heteroatoms. The molecule has 1 saturated carbocycles. The number of carbonyl (C=O) groups excluding carboxylic acids is 2. The van der Waals surface area contributed by atoms with Gasteiger partial charge in [0.05, 0.1) is 4.88 Å². The molecule has 0 aliphatic heterocycles. The van der Waals surface area contributed by atoms with Crippen molar-refractivity contribution in [2.45, 2.75) is 39.7 Å². The summed E-state index contributed by atoms with van der Waals surface area (Å²) < 4.78 is 5.10. The van der Waals surface area contributed by atoms with Gasteiger partial charge in [-0.1, -0.05) is 44.2 Å². The summed E-state index contributed by atoms with van der Waals surface area (Å²) in [5.41, 5.74) is 8.58. The van der Waals surface area contributed by atoms with Crippen LogP contribution in [0.4, 0.5) is 4.79 Å². The lowest BCUT2D eigenvalue weighted by Gasteiger charge is -2.11. The number of hydrazine groups is 1. The lowest BCUT2D eigenvalue weighted by atomic mass is 9.95. The van der Waals surface area contributed by atoms with Gasteiger partial charge in [0, 0.05) is 4.88 Å². The van der Waals surface area contributed by atoms with Crippen LogP contribution >= 0.6 is 11.3 Å². The predicted octanol–water partition coefficient (Wildman–Crippen LogP) is 3.92. The van der Waals surface area contributed by atoms with Crippen molar-refractivity contribution in [3.63, 3.8) is 0 Å². The first-order chi connectivity index (χ1) is 12.4. The molecule has 2 aromatic rings. The van der Waals surface area contributed by atoms with Crippen molar-refractivity contribution in [1.29, 1.82) is 0 Å². The molecule has 2 unspecified atom stereocenters. The smallest absolute Gasteiger partial charge is 0.426 e. The second kappa shape index (κ2) is 6.13. The Balaban J connectivity index is 1.34. The number of carbonyl (C=O) groups is 2. The number of rotatable bonds is 3. The number of hydrogen-bond donors (Lipinski definition) is 2. The number of aryl methyl sites for hydroxylation is 1. The lowest BCUT2D eigenvalue weighted by molar-refractivity contribution is 0.0908. The van der Waals surface area contributed by atoms with E-state index in [2.05, 4.69) is 31.6 Å². The summed E-state index contributed by atoms with van der Waals surface area (Å²) >= 11 is 1.51. The fraction of sp³-hybridized carbons (Fsp3) is 0.400. The summed E-state index contributed by atoms with van der Waals surface area (Å²) in [5, 5.41) is 0. The molecule has 2 N–H and O–H groups in total. The zero-order valence-electron chi connectivity index (χ0n) is 15.1. The molecule has 2 aliphatic rings. The molecule has 5 nitrogen and oxygen atoms in total. The predicted molar refractivity (Wildman–Crippen MR) is 100 cm³/mol. The Labute approximate surface area is 156 Å². The Morgan fingerprint density at radius 1 is 1.23 bits per heavy atom. The molecule has 0 spiro atoms. The first-order valence-corrected chi connectivity index (χ1v) is 9.60. The van der Waals surface area contributed by atoms with Gasteiger partial charge in [-0.15, -0.1) is 11.3 Å². The summed E-state index contributed by atoms with van der Waals surface area (Å²) in [4.78, 5) is 26.2. The molecule has 0 radical (unpaired) electrons. The Bertz CT molecular complexity index is 873. The molecular formula is C20H22N2O3S. The molecule has 0 bridgehead atoms. The Kier molecular flexibility index (Phi) is 4.03. The third-order valence-corrected chi connectivity index (χ3v) is 6.88. The van der Waals surface area contributed by atoms with Crippen LogP contribution < -0.4 is 10.9 Å². The molecule has 2 atom stereocenters. The van der Waals surface area contributed by atoms with Crippen LogP contribution in [0, 0.1) is 18.3 Å². The van der Waals surface area contributed by atoms with E-state index in [0.717, 1.165) is 12.0 Å². The molecule has 2 amide bonds. The normalized spacial score (nSPS) is 21.5. The zero-order valence-corrected chi connectivity index (χ0v) is 15.9. The molecule has 1 heterocycles. The van der Waals surface area contributed by atoms with Crippen LogP contribution in [-0.2, 0) is 17.8 Å².